The molecule has 1 aliphatic heterocycles. The summed E-state index contributed by atoms with van der Waals surface area (Å²) in [4.78, 5) is 42.3. The molecule has 0 spiro atoms. The van der Waals surface area contributed by atoms with Crippen LogP contribution in [0.4, 0.5) is 11.4 Å². The number of hydrogen-bond acceptors (Lipinski definition) is 6. The highest BCUT2D eigenvalue weighted by atomic mass is 32.2. The number of carbonyl (C=O) groups excluding carboxylic acids is 3. The molecule has 28 heavy (non-hydrogen) atoms. The van der Waals surface area contributed by atoms with E-state index in [1.54, 1.807) is 43.4 Å². The van der Waals surface area contributed by atoms with Gasteiger partial charge in [-0.3, -0.25) is 14.5 Å². The first-order valence-corrected chi connectivity index (χ1v) is 9.42. The Hall–Kier alpha value is -3.13. The van der Waals surface area contributed by atoms with E-state index in [1.807, 2.05) is 18.2 Å². The Balaban J connectivity index is 1.76. The van der Waals surface area contributed by atoms with E-state index in [2.05, 4.69) is 15.0 Å². The number of amides is 2. The summed E-state index contributed by atoms with van der Waals surface area (Å²) in [6.07, 6.45) is 0.0974. The number of carbonyl (C=O) groups is 3. The van der Waals surface area contributed by atoms with Gasteiger partial charge < -0.3 is 10.1 Å². The highest BCUT2D eigenvalue weighted by molar-refractivity contribution is 8.15. The smallest absolute Gasteiger partial charge is 0.337 e. The van der Waals surface area contributed by atoms with Crippen LogP contribution in [0.1, 0.15) is 16.8 Å². The number of para-hydroxylation sites is 1. The van der Waals surface area contributed by atoms with Crippen LogP contribution < -0.4 is 5.32 Å². The summed E-state index contributed by atoms with van der Waals surface area (Å²) in [6, 6.07) is 15.6. The Morgan fingerprint density at radius 3 is 2.46 bits per heavy atom. The third-order valence-electron chi connectivity index (χ3n) is 4.12. The van der Waals surface area contributed by atoms with Crippen molar-refractivity contribution in [1.29, 1.82) is 0 Å². The lowest BCUT2D eigenvalue weighted by molar-refractivity contribution is -0.128. The molecule has 2 amide bonds. The van der Waals surface area contributed by atoms with Gasteiger partial charge in [-0.05, 0) is 36.4 Å². The third kappa shape index (κ3) is 4.58. The molecule has 0 saturated carbocycles. The zero-order valence-electron chi connectivity index (χ0n) is 15.4. The number of thioether (sulfide) groups is 1. The van der Waals surface area contributed by atoms with Crippen LogP contribution in [0, 0.1) is 0 Å². The van der Waals surface area contributed by atoms with Gasteiger partial charge in [0.05, 0.1) is 18.4 Å². The fourth-order valence-corrected chi connectivity index (χ4v) is 3.61. The number of methoxy groups -OCH3 is 1. The lowest BCUT2D eigenvalue weighted by atomic mass is 10.2. The monoisotopic (exact) mass is 397 g/mol. The number of nitrogens with one attached hydrogen (secondary N) is 1. The summed E-state index contributed by atoms with van der Waals surface area (Å²) in [5.41, 5.74) is 1.66. The number of amidine groups is 1. The van der Waals surface area contributed by atoms with Gasteiger partial charge in [0, 0.05) is 19.2 Å². The average molecular weight is 397 g/mol. The molecule has 3 rings (SSSR count). The quantitative estimate of drug-likeness (QED) is 0.801. The zero-order valence-corrected chi connectivity index (χ0v) is 16.2. The molecule has 0 aromatic heterocycles. The zero-order chi connectivity index (χ0) is 20.1. The van der Waals surface area contributed by atoms with E-state index in [0.717, 1.165) is 0 Å². The molecule has 2 aromatic carbocycles. The minimum absolute atomic E-state index is 0.0974. The Morgan fingerprint density at radius 1 is 1.14 bits per heavy atom. The van der Waals surface area contributed by atoms with Gasteiger partial charge in [-0.2, -0.15) is 0 Å². The Bertz CT molecular complexity index is 913. The molecule has 1 heterocycles. The molecule has 2 aromatic rings. The van der Waals surface area contributed by atoms with Crippen molar-refractivity contribution in [3.05, 3.63) is 60.2 Å². The number of hydrogen-bond donors (Lipinski definition) is 1. The lowest BCUT2D eigenvalue weighted by Gasteiger charge is -2.28. The summed E-state index contributed by atoms with van der Waals surface area (Å²) >= 11 is 1.23. The molecule has 0 radical (unpaired) electrons. The number of aliphatic imine (C=N–C) groups is 1. The SMILES string of the molecule is COC(=O)c1ccc(N=C2S[C@H](C(=O)Nc3ccccc3)CC(=O)N2C)cc1. The van der Waals surface area contributed by atoms with E-state index in [9.17, 15) is 14.4 Å². The molecule has 1 aliphatic rings. The van der Waals surface area contributed by atoms with Crippen molar-refractivity contribution in [2.75, 3.05) is 19.5 Å². The van der Waals surface area contributed by atoms with Crippen molar-refractivity contribution in [2.24, 2.45) is 4.99 Å². The third-order valence-corrected chi connectivity index (χ3v) is 5.36. The topological polar surface area (TPSA) is 88.1 Å². The van der Waals surface area contributed by atoms with Crippen molar-refractivity contribution >= 4 is 46.1 Å². The summed E-state index contributed by atoms with van der Waals surface area (Å²) in [6.45, 7) is 0. The molecular formula is C20H19N3O4S. The molecule has 0 bridgehead atoms. The standard InChI is InChI=1S/C20H19N3O4S/c1-23-17(24)12-16(18(25)21-14-6-4-3-5-7-14)28-20(23)22-15-10-8-13(9-11-15)19(26)27-2/h3-11,16H,12H2,1-2H3,(H,21,25)/t16-/m0/s1. The maximum Gasteiger partial charge on any atom is 0.337 e. The predicted molar refractivity (Wildman–Crippen MR) is 109 cm³/mol. The first-order valence-electron chi connectivity index (χ1n) is 8.54. The average Bonchev–Trinajstić information content (AvgIpc) is 2.72. The molecule has 7 nitrogen and oxygen atoms in total. The minimum atomic E-state index is -0.572. The summed E-state index contributed by atoms with van der Waals surface area (Å²) in [7, 11) is 2.94. The van der Waals surface area contributed by atoms with E-state index in [-0.39, 0.29) is 18.2 Å². The number of ether oxygens (including phenoxy) is 1. The van der Waals surface area contributed by atoms with Crippen LogP contribution in [0.5, 0.6) is 0 Å². The van der Waals surface area contributed by atoms with Gasteiger partial charge in [0.15, 0.2) is 5.17 Å². The second-order valence-corrected chi connectivity index (χ2v) is 7.22. The summed E-state index contributed by atoms with van der Waals surface area (Å²) in [5.74, 6) is -0.862. The van der Waals surface area contributed by atoms with Gasteiger partial charge in [0.2, 0.25) is 11.8 Å². The number of anilines is 1. The Labute approximate surface area is 166 Å². The fraction of sp³-hybridized carbons (Fsp3) is 0.200. The van der Waals surface area contributed by atoms with E-state index >= 15 is 0 Å². The molecule has 0 unspecified atom stereocenters. The number of nitrogens with zero attached hydrogens (tertiary/aromatic N) is 2. The molecule has 0 aliphatic carbocycles. The predicted octanol–water partition coefficient (Wildman–Crippen LogP) is 3.06. The highest BCUT2D eigenvalue weighted by Crippen LogP contribution is 2.29. The molecule has 8 heteroatoms. The van der Waals surface area contributed by atoms with Crippen LogP contribution in [0.3, 0.4) is 0 Å². The van der Waals surface area contributed by atoms with Gasteiger partial charge >= 0.3 is 5.97 Å². The second-order valence-electron chi connectivity index (χ2n) is 6.05. The minimum Gasteiger partial charge on any atom is -0.465 e. The molecule has 1 saturated heterocycles. The Morgan fingerprint density at radius 2 is 1.82 bits per heavy atom. The van der Waals surface area contributed by atoms with Gasteiger partial charge in [-0.1, -0.05) is 30.0 Å². The maximum atomic E-state index is 12.6. The van der Waals surface area contributed by atoms with E-state index < -0.39 is 11.2 Å². The molecule has 1 atom stereocenters. The van der Waals surface area contributed by atoms with Crippen LogP contribution in [0.15, 0.2) is 59.6 Å². The highest BCUT2D eigenvalue weighted by Gasteiger charge is 2.34. The fourth-order valence-electron chi connectivity index (χ4n) is 2.54. The van der Waals surface area contributed by atoms with Crippen LogP contribution in [0.2, 0.25) is 0 Å². The lowest BCUT2D eigenvalue weighted by Crippen LogP contribution is -2.43. The van der Waals surface area contributed by atoms with E-state index in [0.29, 0.717) is 22.1 Å². The van der Waals surface area contributed by atoms with Gasteiger partial charge in [0.25, 0.3) is 0 Å². The Kier molecular flexibility index (Phi) is 6.10. The summed E-state index contributed by atoms with van der Waals surface area (Å²) in [5, 5.41) is 2.67. The first kappa shape index (κ1) is 19.6. The molecule has 1 fully saturated rings. The van der Waals surface area contributed by atoms with Crippen LogP contribution in [0.25, 0.3) is 0 Å². The van der Waals surface area contributed by atoms with Crippen molar-refractivity contribution in [3.8, 4) is 0 Å². The largest absolute Gasteiger partial charge is 0.465 e. The summed E-state index contributed by atoms with van der Waals surface area (Å²) < 4.78 is 4.67. The number of benzene rings is 2. The maximum absolute atomic E-state index is 12.6. The van der Waals surface area contributed by atoms with Gasteiger partial charge in [-0.25, -0.2) is 9.79 Å². The van der Waals surface area contributed by atoms with Crippen LogP contribution in [-0.2, 0) is 14.3 Å². The second kappa shape index (κ2) is 8.71. The van der Waals surface area contributed by atoms with Crippen molar-refractivity contribution < 1.29 is 19.1 Å². The molecule has 144 valence electrons. The van der Waals surface area contributed by atoms with Crippen LogP contribution >= 0.6 is 11.8 Å². The van der Waals surface area contributed by atoms with Gasteiger partial charge in [0.1, 0.15) is 5.25 Å². The van der Waals surface area contributed by atoms with Crippen molar-refractivity contribution in [1.82, 2.24) is 4.90 Å². The van der Waals surface area contributed by atoms with Gasteiger partial charge in [-0.15, -0.1) is 0 Å². The number of rotatable bonds is 4. The van der Waals surface area contributed by atoms with Crippen molar-refractivity contribution in [2.45, 2.75) is 11.7 Å². The van der Waals surface area contributed by atoms with E-state index in [4.69, 9.17) is 0 Å². The van der Waals surface area contributed by atoms with E-state index in [1.165, 1.54) is 23.8 Å². The van der Waals surface area contributed by atoms with Crippen molar-refractivity contribution in [3.63, 3.8) is 0 Å². The molecular weight excluding hydrogens is 378 g/mol. The van der Waals surface area contributed by atoms with Crippen LogP contribution in [-0.4, -0.2) is 47.3 Å². The number of esters is 1. The molecule has 1 N–H and O–H groups in total. The normalized spacial score (nSPS) is 18.1. The first-order chi connectivity index (χ1) is 13.5.